The van der Waals surface area contributed by atoms with Crippen LogP contribution in [0.15, 0.2) is 60.8 Å². The summed E-state index contributed by atoms with van der Waals surface area (Å²) in [6.07, 6.45) is 2.14. The SMILES string of the molecule is FC(F)(F)[C@H](c1ccc2nnc(-c3ccc4ccc(C5C=C5)cc4n3)n2c1)N1C[C@@H]2C[C@H]1CN2. The normalized spacial score (nSPS) is 23.4. The number of rotatable bonds is 4. The number of nitrogens with one attached hydrogen (secondary N) is 1. The molecule has 2 fully saturated rings. The van der Waals surface area contributed by atoms with Gasteiger partial charge in [0.25, 0.3) is 0 Å². The number of hydrogen-bond acceptors (Lipinski definition) is 5. The van der Waals surface area contributed by atoms with Crippen LogP contribution in [0, 0.1) is 0 Å². The molecule has 2 saturated heterocycles. The monoisotopic (exact) mass is 462 g/mol. The molecule has 4 aromatic rings. The summed E-state index contributed by atoms with van der Waals surface area (Å²) in [7, 11) is 0. The van der Waals surface area contributed by atoms with Gasteiger partial charge in [0.2, 0.25) is 0 Å². The van der Waals surface area contributed by atoms with Crippen molar-refractivity contribution in [1.29, 1.82) is 0 Å². The number of fused-ring (bicyclic) bond motifs is 4. The van der Waals surface area contributed by atoms with Crippen molar-refractivity contribution in [1.82, 2.24) is 29.8 Å². The zero-order valence-corrected chi connectivity index (χ0v) is 18.1. The summed E-state index contributed by atoms with van der Waals surface area (Å²) >= 11 is 0. The Hall–Kier alpha value is -3.30. The van der Waals surface area contributed by atoms with Crippen LogP contribution in [0.25, 0.3) is 28.1 Å². The van der Waals surface area contributed by atoms with Crippen molar-refractivity contribution in [2.45, 2.75) is 36.6 Å². The molecule has 172 valence electrons. The second kappa shape index (κ2) is 7.10. The van der Waals surface area contributed by atoms with E-state index >= 15 is 0 Å². The molecule has 9 heteroatoms. The van der Waals surface area contributed by atoms with Gasteiger partial charge in [-0.15, -0.1) is 10.2 Å². The van der Waals surface area contributed by atoms with Crippen molar-refractivity contribution in [3.63, 3.8) is 0 Å². The number of allylic oxidation sites excluding steroid dienone is 2. The standard InChI is InChI=1S/C25H21F3N6/c26-25(27,28)23(33-13-18-10-19(33)11-29-18)17-6-8-22-31-32-24(34(22)12-17)20-7-5-15-3-4-16(14-1-2-14)9-21(15)30-20/h1-9,12,14,18-19,23,29H,10-11,13H2/t18-,19-,23-/m0/s1. The Kier molecular flexibility index (Phi) is 4.20. The van der Waals surface area contributed by atoms with Gasteiger partial charge in [0.05, 0.1) is 5.52 Å². The number of likely N-dealkylation sites (tertiary alicyclic amines) is 1. The fraction of sp³-hybridized carbons (Fsp3) is 0.320. The summed E-state index contributed by atoms with van der Waals surface area (Å²) in [6.45, 7) is 0.989. The smallest absolute Gasteiger partial charge is 0.311 e. The summed E-state index contributed by atoms with van der Waals surface area (Å²) in [6, 6.07) is 11.5. The maximum Gasteiger partial charge on any atom is 0.408 e. The van der Waals surface area contributed by atoms with Crippen LogP contribution >= 0.6 is 0 Å². The number of alkyl halides is 3. The molecule has 3 atom stereocenters. The summed E-state index contributed by atoms with van der Waals surface area (Å²) in [5.41, 5.74) is 3.25. The molecular weight excluding hydrogens is 441 g/mol. The number of pyridine rings is 2. The molecule has 0 radical (unpaired) electrons. The molecule has 0 saturated carbocycles. The highest BCUT2D eigenvalue weighted by Crippen LogP contribution is 2.43. The predicted octanol–water partition coefficient (Wildman–Crippen LogP) is 4.25. The zero-order valence-electron chi connectivity index (χ0n) is 18.1. The second-order valence-electron chi connectivity index (χ2n) is 9.41. The maximum absolute atomic E-state index is 14.3. The molecule has 1 aliphatic carbocycles. The average molecular weight is 462 g/mol. The van der Waals surface area contributed by atoms with Gasteiger partial charge in [-0.2, -0.15) is 13.2 Å². The Morgan fingerprint density at radius 3 is 2.62 bits per heavy atom. The highest BCUT2D eigenvalue weighted by Gasteiger charge is 2.51. The molecule has 0 amide bonds. The van der Waals surface area contributed by atoms with Crippen LogP contribution in [0.2, 0.25) is 0 Å². The lowest BCUT2D eigenvalue weighted by Crippen LogP contribution is -2.49. The highest BCUT2D eigenvalue weighted by molar-refractivity contribution is 5.82. The molecule has 1 aromatic carbocycles. The van der Waals surface area contributed by atoms with E-state index in [9.17, 15) is 13.2 Å². The van der Waals surface area contributed by atoms with Crippen LogP contribution in [-0.4, -0.2) is 55.8 Å². The number of halogens is 3. The molecular formula is C25H21F3N6. The lowest BCUT2D eigenvalue weighted by atomic mass is 10.1. The molecule has 3 aliphatic rings. The van der Waals surface area contributed by atoms with Crippen molar-refractivity contribution in [2.75, 3.05) is 13.1 Å². The van der Waals surface area contributed by atoms with Gasteiger partial charge in [-0.1, -0.05) is 36.4 Å². The van der Waals surface area contributed by atoms with E-state index in [0.717, 1.165) is 17.3 Å². The van der Waals surface area contributed by atoms with Crippen molar-refractivity contribution >= 4 is 16.6 Å². The first-order chi connectivity index (χ1) is 16.4. The predicted molar refractivity (Wildman–Crippen MR) is 121 cm³/mol. The molecule has 0 unspecified atom stereocenters. The first kappa shape index (κ1) is 20.1. The third-order valence-electron chi connectivity index (χ3n) is 7.20. The summed E-state index contributed by atoms with van der Waals surface area (Å²) in [5, 5.41) is 12.7. The van der Waals surface area contributed by atoms with Gasteiger partial charge in [0.1, 0.15) is 11.7 Å². The molecule has 7 rings (SSSR count). The Labute approximate surface area is 193 Å². The summed E-state index contributed by atoms with van der Waals surface area (Å²) < 4.78 is 44.5. The van der Waals surface area contributed by atoms with E-state index in [2.05, 4.69) is 33.7 Å². The molecule has 5 heterocycles. The van der Waals surface area contributed by atoms with Gasteiger partial charge in [-0.05, 0) is 35.7 Å². The van der Waals surface area contributed by atoms with E-state index in [4.69, 9.17) is 4.98 Å². The fourth-order valence-corrected chi connectivity index (χ4v) is 5.47. The van der Waals surface area contributed by atoms with Crippen LogP contribution in [0.5, 0.6) is 0 Å². The summed E-state index contributed by atoms with van der Waals surface area (Å²) in [4.78, 5) is 6.37. The number of benzene rings is 1. The number of hydrogen-bond donors (Lipinski definition) is 1. The first-order valence-corrected chi connectivity index (χ1v) is 11.4. The third-order valence-corrected chi connectivity index (χ3v) is 7.20. The third kappa shape index (κ3) is 3.22. The summed E-state index contributed by atoms with van der Waals surface area (Å²) in [5.74, 6) is 0.793. The molecule has 34 heavy (non-hydrogen) atoms. The number of nitrogens with zero attached hydrogens (tertiary/aromatic N) is 5. The quantitative estimate of drug-likeness (QED) is 0.460. The topological polar surface area (TPSA) is 58.4 Å². The van der Waals surface area contributed by atoms with Gasteiger partial charge in [0.15, 0.2) is 11.5 Å². The second-order valence-corrected chi connectivity index (χ2v) is 9.41. The zero-order chi connectivity index (χ0) is 23.0. The Morgan fingerprint density at radius 2 is 1.88 bits per heavy atom. The average Bonchev–Trinajstić information content (AvgIpc) is 3.25. The van der Waals surface area contributed by atoms with E-state index in [1.165, 1.54) is 17.8 Å². The Morgan fingerprint density at radius 1 is 1.03 bits per heavy atom. The lowest BCUT2D eigenvalue weighted by Gasteiger charge is -2.36. The molecule has 0 spiro atoms. The molecule has 3 aromatic heterocycles. The van der Waals surface area contributed by atoms with Gasteiger partial charge < -0.3 is 5.32 Å². The fourth-order valence-electron chi connectivity index (χ4n) is 5.47. The van der Waals surface area contributed by atoms with Crippen LogP contribution in [0.1, 0.15) is 29.5 Å². The number of aromatic nitrogens is 4. The lowest BCUT2D eigenvalue weighted by molar-refractivity contribution is -0.190. The van der Waals surface area contributed by atoms with E-state index in [1.807, 2.05) is 24.3 Å². The number of piperazine rings is 1. The van der Waals surface area contributed by atoms with Crippen LogP contribution in [0.3, 0.4) is 0 Å². The van der Waals surface area contributed by atoms with Gasteiger partial charge in [-0.25, -0.2) is 4.98 Å². The van der Waals surface area contributed by atoms with Gasteiger partial charge in [-0.3, -0.25) is 9.30 Å². The van der Waals surface area contributed by atoms with E-state index in [0.29, 0.717) is 36.2 Å². The van der Waals surface area contributed by atoms with E-state index < -0.39 is 12.2 Å². The van der Waals surface area contributed by atoms with E-state index in [-0.39, 0.29) is 17.6 Å². The molecule has 2 aliphatic heterocycles. The van der Waals surface area contributed by atoms with Crippen LogP contribution < -0.4 is 5.32 Å². The minimum atomic E-state index is -4.39. The molecule has 2 bridgehead atoms. The maximum atomic E-state index is 14.3. The van der Waals surface area contributed by atoms with Crippen molar-refractivity contribution in [3.8, 4) is 11.5 Å². The highest BCUT2D eigenvalue weighted by atomic mass is 19.4. The van der Waals surface area contributed by atoms with E-state index in [1.54, 1.807) is 15.4 Å². The largest absolute Gasteiger partial charge is 0.408 e. The van der Waals surface area contributed by atoms with Crippen molar-refractivity contribution < 1.29 is 13.2 Å². The van der Waals surface area contributed by atoms with Crippen LogP contribution in [0.4, 0.5) is 13.2 Å². The molecule has 1 N–H and O–H groups in total. The van der Waals surface area contributed by atoms with Gasteiger partial charge >= 0.3 is 6.18 Å². The van der Waals surface area contributed by atoms with Crippen molar-refractivity contribution in [3.05, 3.63) is 71.9 Å². The minimum Gasteiger partial charge on any atom is -0.311 e. The van der Waals surface area contributed by atoms with Crippen molar-refractivity contribution in [2.24, 2.45) is 0 Å². The minimum absolute atomic E-state index is 0.106. The Balaban J connectivity index is 1.31. The molecule has 6 nitrogen and oxygen atoms in total. The van der Waals surface area contributed by atoms with Crippen LogP contribution in [-0.2, 0) is 0 Å². The first-order valence-electron chi connectivity index (χ1n) is 11.4. The van der Waals surface area contributed by atoms with Gasteiger partial charge in [0, 0.05) is 42.7 Å². The Bertz CT molecular complexity index is 1450.